The van der Waals surface area contributed by atoms with Crippen LogP contribution >= 0.6 is 0 Å². The van der Waals surface area contributed by atoms with E-state index in [4.69, 9.17) is 0 Å². The summed E-state index contributed by atoms with van der Waals surface area (Å²) in [6.45, 7) is 0.997. The Morgan fingerprint density at radius 1 is 1.64 bits per heavy atom. The normalized spacial score (nSPS) is 12.5. The topological polar surface area (TPSA) is 66.4 Å². The molecule has 0 spiro atoms. The number of carbonyl (C=O) groups excluding carboxylic acids is 2. The Kier molecular flexibility index (Phi) is 4.36. The van der Waals surface area contributed by atoms with Gasteiger partial charge in [0.05, 0.1) is 6.61 Å². The van der Waals surface area contributed by atoms with Gasteiger partial charge >= 0.3 is 6.04 Å². The largest absolute Gasteiger partial charge is 0.550 e. The molecule has 0 aromatic heterocycles. The summed E-state index contributed by atoms with van der Waals surface area (Å²) in [7, 11) is 0. The van der Waals surface area contributed by atoms with E-state index in [1.165, 1.54) is 6.92 Å². The molecule has 0 amide bonds. The number of ether oxygens (including phenoxy) is 1. The predicted octanol–water partition coefficient (Wildman–Crippen LogP) is -0.972. The minimum atomic E-state index is -1.61. The van der Waals surface area contributed by atoms with Crippen molar-refractivity contribution in [2.75, 3.05) is 6.61 Å². The molecular weight excluding hydrogens is 155 g/mol. The Balaban J connectivity index is 3.39. The van der Waals surface area contributed by atoms with E-state index in [-0.39, 0.29) is 13.0 Å². The Morgan fingerprint density at radius 2 is 2.18 bits per heavy atom. The molecule has 11 heavy (non-hydrogen) atoms. The van der Waals surface area contributed by atoms with Crippen LogP contribution in [0.3, 0.4) is 0 Å². The smallest absolute Gasteiger partial charge is 0.329 e. The average Bonchev–Trinajstić information content (AvgIpc) is 1.86. The van der Waals surface area contributed by atoms with Crippen molar-refractivity contribution >= 4 is 12.0 Å². The Hall–Kier alpha value is -0.970. The highest BCUT2D eigenvalue weighted by Gasteiger charge is 2.10. The first-order chi connectivity index (χ1) is 5.04. The summed E-state index contributed by atoms with van der Waals surface area (Å²) in [5, 5.41) is 9.78. The molecule has 1 unspecified atom stereocenters. The number of hydrogen-bond donors (Lipinski definition) is 0. The van der Waals surface area contributed by atoms with Crippen molar-refractivity contribution in [2.24, 2.45) is 0 Å². The van der Waals surface area contributed by atoms with Gasteiger partial charge in [0.15, 0.2) is 0 Å². The molecule has 0 aromatic rings. The highest BCUT2D eigenvalue weighted by molar-refractivity contribution is 5.72. The van der Waals surface area contributed by atoms with Gasteiger partial charge in [-0.15, -0.1) is 0 Å². The van der Waals surface area contributed by atoms with Gasteiger partial charge in [-0.25, -0.2) is 0 Å². The van der Waals surface area contributed by atoms with Crippen molar-refractivity contribution in [3.05, 3.63) is 0 Å². The van der Waals surface area contributed by atoms with Gasteiger partial charge in [-0.05, 0) is 6.92 Å². The monoisotopic (exact) mass is 163 g/mol. The summed E-state index contributed by atoms with van der Waals surface area (Å²) < 4.78 is 16.2. The van der Waals surface area contributed by atoms with E-state index in [1.807, 2.05) is 0 Å². The van der Waals surface area contributed by atoms with Crippen LogP contribution in [-0.4, -0.2) is 24.7 Å². The lowest BCUT2D eigenvalue weighted by Gasteiger charge is -2.07. The van der Waals surface area contributed by atoms with Crippen molar-refractivity contribution < 1.29 is 23.8 Å². The van der Waals surface area contributed by atoms with Gasteiger partial charge in [-0.1, -0.05) is 0 Å². The summed E-state index contributed by atoms with van der Waals surface area (Å²) in [6.07, 6.45) is -1.52. The number of rotatable bonds is 5. The molecule has 0 fully saturated rings. The number of carboxylic acid groups (broad SMARTS) is 1. The molecule has 0 radical (unpaired) electrons. The first kappa shape index (κ1) is 10.0. The van der Waals surface area contributed by atoms with E-state index in [9.17, 15) is 19.1 Å². The number of aliphatic carboxylic acids is 1. The fourth-order valence-corrected chi connectivity index (χ4v) is 0.385. The summed E-state index contributed by atoms with van der Waals surface area (Å²) in [5.74, 6) is -1.29. The molecule has 0 saturated carbocycles. The lowest BCUT2D eigenvalue weighted by Crippen LogP contribution is -2.25. The van der Waals surface area contributed by atoms with Gasteiger partial charge in [0.1, 0.15) is 6.10 Å². The molecule has 4 nitrogen and oxygen atoms in total. The molecule has 0 bridgehead atoms. The Bertz CT molecular complexity index is 157. The first-order valence-electron chi connectivity index (χ1n) is 3.05. The van der Waals surface area contributed by atoms with Crippen LogP contribution in [0.2, 0.25) is 0 Å². The fourth-order valence-electron chi connectivity index (χ4n) is 0.385. The quantitative estimate of drug-likeness (QED) is 0.489. The van der Waals surface area contributed by atoms with Crippen LogP contribution in [0.4, 0.5) is 4.39 Å². The van der Waals surface area contributed by atoms with Crippen molar-refractivity contribution in [1.82, 2.24) is 0 Å². The SMILES string of the molecule is CC(OCCC(=O)[O-])C(=O)F. The second kappa shape index (κ2) is 4.79. The second-order valence-corrected chi connectivity index (χ2v) is 1.94. The highest BCUT2D eigenvalue weighted by atomic mass is 19.1. The molecule has 0 aliphatic carbocycles. The number of carboxylic acids is 1. The Morgan fingerprint density at radius 3 is 2.55 bits per heavy atom. The summed E-state index contributed by atoms with van der Waals surface area (Å²) >= 11 is 0. The van der Waals surface area contributed by atoms with Crippen molar-refractivity contribution in [1.29, 1.82) is 0 Å². The molecule has 0 heterocycles. The molecule has 5 heteroatoms. The lowest BCUT2D eigenvalue weighted by atomic mass is 10.4. The standard InChI is InChI=1S/C6H9FO4/c1-4(6(7)10)11-3-2-5(8)9/h4H,2-3H2,1H3,(H,8,9)/p-1. The number of hydrogen-bond acceptors (Lipinski definition) is 4. The minimum Gasteiger partial charge on any atom is -0.550 e. The van der Waals surface area contributed by atoms with E-state index in [0.29, 0.717) is 0 Å². The molecule has 0 N–H and O–H groups in total. The molecule has 0 saturated heterocycles. The fraction of sp³-hybridized carbons (Fsp3) is 0.667. The third-order valence-electron chi connectivity index (χ3n) is 0.994. The molecule has 1 atom stereocenters. The molecule has 64 valence electrons. The van der Waals surface area contributed by atoms with Crippen molar-refractivity contribution in [3.8, 4) is 0 Å². The van der Waals surface area contributed by atoms with Crippen LogP contribution in [-0.2, 0) is 14.3 Å². The van der Waals surface area contributed by atoms with Crippen LogP contribution in [0, 0.1) is 0 Å². The van der Waals surface area contributed by atoms with Crippen molar-refractivity contribution in [2.45, 2.75) is 19.4 Å². The Labute approximate surface area is 63.0 Å². The molecule has 0 aliphatic rings. The van der Waals surface area contributed by atoms with Crippen molar-refractivity contribution in [3.63, 3.8) is 0 Å². The van der Waals surface area contributed by atoms with Gasteiger partial charge in [0, 0.05) is 12.4 Å². The van der Waals surface area contributed by atoms with Crippen LogP contribution in [0.15, 0.2) is 0 Å². The predicted molar refractivity (Wildman–Crippen MR) is 31.2 cm³/mol. The van der Waals surface area contributed by atoms with Gasteiger partial charge in [-0.3, -0.25) is 4.79 Å². The maximum atomic E-state index is 11.7. The minimum absolute atomic E-state index is 0.209. The molecule has 0 rings (SSSR count). The zero-order valence-electron chi connectivity index (χ0n) is 6.00. The van der Waals surface area contributed by atoms with E-state index in [0.717, 1.165) is 0 Å². The maximum Gasteiger partial charge on any atom is 0.329 e. The summed E-state index contributed by atoms with van der Waals surface area (Å²) in [5.41, 5.74) is 0. The van der Waals surface area contributed by atoms with Crippen LogP contribution < -0.4 is 5.11 Å². The lowest BCUT2D eigenvalue weighted by molar-refractivity contribution is -0.306. The van der Waals surface area contributed by atoms with E-state index >= 15 is 0 Å². The first-order valence-corrected chi connectivity index (χ1v) is 3.05. The third kappa shape index (κ3) is 5.47. The van der Waals surface area contributed by atoms with E-state index in [2.05, 4.69) is 4.74 Å². The van der Waals surface area contributed by atoms with Crippen LogP contribution in [0.5, 0.6) is 0 Å². The van der Waals surface area contributed by atoms with Gasteiger partial charge in [0.2, 0.25) is 0 Å². The molecule has 0 aliphatic heterocycles. The number of carbonyl (C=O) groups is 2. The van der Waals surface area contributed by atoms with E-state index < -0.39 is 18.1 Å². The second-order valence-electron chi connectivity index (χ2n) is 1.94. The van der Waals surface area contributed by atoms with E-state index in [1.54, 1.807) is 0 Å². The van der Waals surface area contributed by atoms with Gasteiger partial charge in [0.25, 0.3) is 0 Å². The van der Waals surface area contributed by atoms with Gasteiger partial charge < -0.3 is 14.6 Å². The maximum absolute atomic E-state index is 11.7. The van der Waals surface area contributed by atoms with Crippen LogP contribution in [0.1, 0.15) is 13.3 Å². The zero-order valence-corrected chi connectivity index (χ0v) is 6.00. The molecular formula is C6H8FO4-. The highest BCUT2D eigenvalue weighted by Crippen LogP contribution is 1.94. The summed E-state index contributed by atoms with van der Waals surface area (Å²) in [4.78, 5) is 19.6. The average molecular weight is 163 g/mol. The number of halogens is 1. The summed E-state index contributed by atoms with van der Waals surface area (Å²) in [6, 6.07) is -1.61. The van der Waals surface area contributed by atoms with Crippen LogP contribution in [0.25, 0.3) is 0 Å². The zero-order chi connectivity index (χ0) is 8.85. The third-order valence-corrected chi connectivity index (χ3v) is 0.994. The van der Waals surface area contributed by atoms with Gasteiger partial charge in [-0.2, -0.15) is 4.39 Å². The molecule has 0 aromatic carbocycles.